The van der Waals surface area contributed by atoms with Crippen LogP contribution in [0.5, 0.6) is 23.0 Å². The normalized spacial score (nSPS) is 13.2. The minimum absolute atomic E-state index is 0.0926. The highest BCUT2D eigenvalue weighted by atomic mass is 35.5. The van der Waals surface area contributed by atoms with Gasteiger partial charge in [-0.05, 0) is 31.2 Å². The summed E-state index contributed by atoms with van der Waals surface area (Å²) in [4.78, 5) is 29.5. The summed E-state index contributed by atoms with van der Waals surface area (Å²) in [6.45, 7) is 3.12. The van der Waals surface area contributed by atoms with Crippen LogP contribution in [0.1, 0.15) is 42.4 Å². The van der Waals surface area contributed by atoms with Gasteiger partial charge >= 0.3 is 5.97 Å². The van der Waals surface area contributed by atoms with Crippen LogP contribution in [0, 0.1) is 11.7 Å². The van der Waals surface area contributed by atoms with Gasteiger partial charge in [0.2, 0.25) is 0 Å². The molecule has 1 aromatic heterocycles. The van der Waals surface area contributed by atoms with E-state index >= 15 is 0 Å². The predicted octanol–water partition coefficient (Wildman–Crippen LogP) is 5.56. The first-order valence-electron chi connectivity index (χ1n) is 11.4. The van der Waals surface area contributed by atoms with Crippen molar-refractivity contribution >= 4 is 23.4 Å². The van der Waals surface area contributed by atoms with Gasteiger partial charge in [0, 0.05) is 30.3 Å². The maximum atomic E-state index is 13.9. The van der Waals surface area contributed by atoms with Crippen LogP contribution in [0.3, 0.4) is 0 Å². The van der Waals surface area contributed by atoms with E-state index in [4.69, 9.17) is 30.5 Å². The SMILES string of the molecule is COc1cc(F)ccc1[C@@H](Oc1ccccc1Cl)[C@H](C)OC(=O)[C@H](C)CC(=O)c1nccc(OC)c1O. The maximum Gasteiger partial charge on any atom is 0.309 e. The largest absolute Gasteiger partial charge is 0.503 e. The van der Waals surface area contributed by atoms with Crippen molar-refractivity contribution in [1.82, 2.24) is 4.98 Å². The lowest BCUT2D eigenvalue weighted by Gasteiger charge is -2.28. The van der Waals surface area contributed by atoms with E-state index in [1.165, 1.54) is 51.6 Å². The van der Waals surface area contributed by atoms with Crippen LogP contribution in [0.2, 0.25) is 5.02 Å². The quantitative estimate of drug-likeness (QED) is 0.253. The Labute approximate surface area is 218 Å². The third-order valence-electron chi connectivity index (χ3n) is 5.59. The molecule has 8 nitrogen and oxygen atoms in total. The fraction of sp³-hybridized carbons (Fsp3) is 0.296. The second kappa shape index (κ2) is 12.4. The van der Waals surface area contributed by atoms with E-state index in [1.54, 1.807) is 31.2 Å². The smallest absolute Gasteiger partial charge is 0.309 e. The van der Waals surface area contributed by atoms with E-state index in [9.17, 15) is 19.1 Å². The predicted molar refractivity (Wildman–Crippen MR) is 134 cm³/mol. The van der Waals surface area contributed by atoms with Crippen LogP contribution in [0.25, 0.3) is 0 Å². The highest BCUT2D eigenvalue weighted by molar-refractivity contribution is 6.32. The van der Waals surface area contributed by atoms with Crippen molar-refractivity contribution in [2.75, 3.05) is 14.2 Å². The number of hydrogen-bond donors (Lipinski definition) is 1. The molecule has 0 amide bonds. The molecule has 0 fully saturated rings. The number of rotatable bonds is 11. The number of ketones is 1. The van der Waals surface area contributed by atoms with Crippen molar-refractivity contribution in [2.45, 2.75) is 32.5 Å². The molecule has 0 radical (unpaired) electrons. The minimum atomic E-state index is -0.925. The number of carbonyl (C=O) groups is 2. The second-order valence-electron chi connectivity index (χ2n) is 8.24. The monoisotopic (exact) mass is 531 g/mol. The number of Topliss-reactive ketones (excluding diaryl/α,β-unsaturated/α-hetero) is 1. The van der Waals surface area contributed by atoms with Crippen LogP contribution in [-0.2, 0) is 9.53 Å². The van der Waals surface area contributed by atoms with Gasteiger partial charge in [-0.3, -0.25) is 9.59 Å². The average molecular weight is 532 g/mol. The molecule has 196 valence electrons. The number of aromatic hydroxyl groups is 1. The molecule has 10 heteroatoms. The second-order valence-corrected chi connectivity index (χ2v) is 8.64. The topological polar surface area (TPSA) is 104 Å². The van der Waals surface area contributed by atoms with Crippen molar-refractivity contribution in [1.29, 1.82) is 0 Å². The molecule has 0 bridgehead atoms. The number of hydrogen-bond acceptors (Lipinski definition) is 8. The van der Waals surface area contributed by atoms with E-state index in [-0.39, 0.29) is 23.6 Å². The summed E-state index contributed by atoms with van der Waals surface area (Å²) in [5, 5.41) is 10.5. The fourth-order valence-corrected chi connectivity index (χ4v) is 3.81. The maximum absolute atomic E-state index is 13.9. The molecule has 3 rings (SSSR count). The molecule has 3 atom stereocenters. The molecule has 2 aromatic carbocycles. The molecule has 0 aliphatic heterocycles. The molecular weight excluding hydrogens is 505 g/mol. The number of aromatic nitrogens is 1. The number of ether oxygens (including phenoxy) is 4. The van der Waals surface area contributed by atoms with Crippen LogP contribution in [0.4, 0.5) is 4.39 Å². The molecule has 3 aromatic rings. The molecule has 0 aliphatic rings. The van der Waals surface area contributed by atoms with Gasteiger partial charge in [0.15, 0.2) is 29.1 Å². The summed E-state index contributed by atoms with van der Waals surface area (Å²) in [5.74, 6) is -2.42. The third-order valence-corrected chi connectivity index (χ3v) is 5.90. The standard InChI is InChI=1S/C27H27ClFNO7/c1-15(13-20(31)24-25(32)22(34-3)11-12-30-24)27(33)36-16(2)26(37-21-8-6-5-7-19(21)28)18-10-9-17(29)14-23(18)35-4/h5-12,14-16,26,32H,13H2,1-4H3/t15-,16+,26+/m1/s1. The molecule has 1 heterocycles. The van der Waals surface area contributed by atoms with Crippen LogP contribution >= 0.6 is 11.6 Å². The summed E-state index contributed by atoms with van der Waals surface area (Å²) >= 11 is 6.27. The molecule has 0 aliphatic carbocycles. The Morgan fingerprint density at radius 3 is 2.41 bits per heavy atom. The molecular formula is C27H27ClFNO7. The Kier molecular flexibility index (Phi) is 9.30. The van der Waals surface area contributed by atoms with Crippen LogP contribution in [0.15, 0.2) is 54.7 Å². The zero-order chi connectivity index (χ0) is 27.1. The van der Waals surface area contributed by atoms with Gasteiger partial charge in [-0.2, -0.15) is 0 Å². The number of para-hydroxylation sites is 1. The van der Waals surface area contributed by atoms with Gasteiger partial charge in [0.25, 0.3) is 0 Å². The molecule has 0 spiro atoms. The Morgan fingerprint density at radius 1 is 1.03 bits per heavy atom. The molecule has 0 saturated heterocycles. The number of esters is 1. The molecule has 1 N–H and O–H groups in total. The van der Waals surface area contributed by atoms with Crippen molar-refractivity contribution in [3.05, 3.63) is 76.8 Å². The summed E-state index contributed by atoms with van der Waals surface area (Å²) in [6.07, 6.45) is -0.769. The highest BCUT2D eigenvalue weighted by Crippen LogP contribution is 2.36. The lowest BCUT2D eigenvalue weighted by atomic mass is 10.0. The zero-order valence-electron chi connectivity index (χ0n) is 20.7. The number of halogens is 2. The molecule has 37 heavy (non-hydrogen) atoms. The van der Waals surface area contributed by atoms with E-state index in [2.05, 4.69) is 4.98 Å². The molecule has 0 saturated carbocycles. The summed E-state index contributed by atoms with van der Waals surface area (Å²) in [7, 11) is 2.74. The Morgan fingerprint density at radius 2 is 1.73 bits per heavy atom. The summed E-state index contributed by atoms with van der Waals surface area (Å²) < 4.78 is 36.0. The Hall–Kier alpha value is -3.85. The van der Waals surface area contributed by atoms with E-state index in [0.717, 1.165) is 0 Å². The number of carbonyl (C=O) groups excluding carboxylic acids is 2. The lowest BCUT2D eigenvalue weighted by molar-refractivity contribution is -0.157. The fourth-order valence-electron chi connectivity index (χ4n) is 3.63. The first-order chi connectivity index (χ1) is 17.7. The van der Waals surface area contributed by atoms with Gasteiger partial charge in [-0.1, -0.05) is 30.7 Å². The first kappa shape index (κ1) is 27.7. The number of pyridine rings is 1. The lowest BCUT2D eigenvalue weighted by Crippen LogP contribution is -2.30. The number of methoxy groups -OCH3 is 2. The van der Waals surface area contributed by atoms with Gasteiger partial charge < -0.3 is 24.1 Å². The van der Waals surface area contributed by atoms with Crippen molar-refractivity contribution in [3.8, 4) is 23.0 Å². The summed E-state index contributed by atoms with van der Waals surface area (Å²) in [5.41, 5.74) is 0.223. The minimum Gasteiger partial charge on any atom is -0.503 e. The first-order valence-corrected chi connectivity index (χ1v) is 11.7. The van der Waals surface area contributed by atoms with Crippen LogP contribution < -0.4 is 14.2 Å². The van der Waals surface area contributed by atoms with Crippen molar-refractivity contribution < 1.29 is 38.0 Å². The van der Waals surface area contributed by atoms with E-state index in [1.807, 2.05) is 0 Å². The van der Waals surface area contributed by atoms with Crippen molar-refractivity contribution in [3.63, 3.8) is 0 Å². The number of benzene rings is 2. The van der Waals surface area contributed by atoms with Gasteiger partial charge in [0.05, 0.1) is 25.2 Å². The van der Waals surface area contributed by atoms with Gasteiger partial charge in [-0.15, -0.1) is 0 Å². The Bertz CT molecular complexity index is 1270. The van der Waals surface area contributed by atoms with Crippen molar-refractivity contribution in [2.24, 2.45) is 5.92 Å². The van der Waals surface area contributed by atoms with E-state index in [0.29, 0.717) is 16.3 Å². The van der Waals surface area contributed by atoms with Crippen LogP contribution in [-0.4, -0.2) is 42.2 Å². The van der Waals surface area contributed by atoms with Gasteiger partial charge in [-0.25, -0.2) is 9.37 Å². The Balaban J connectivity index is 1.81. The molecule has 0 unspecified atom stereocenters. The summed E-state index contributed by atoms with van der Waals surface area (Å²) in [6, 6.07) is 12.1. The zero-order valence-corrected chi connectivity index (χ0v) is 21.5. The van der Waals surface area contributed by atoms with E-state index < -0.39 is 41.4 Å². The average Bonchev–Trinajstić information content (AvgIpc) is 2.88. The number of nitrogens with zero attached hydrogens (tertiary/aromatic N) is 1. The van der Waals surface area contributed by atoms with Gasteiger partial charge in [0.1, 0.15) is 23.4 Å². The highest BCUT2D eigenvalue weighted by Gasteiger charge is 2.31. The third kappa shape index (κ3) is 6.68.